The topological polar surface area (TPSA) is 49.8 Å². The van der Waals surface area contributed by atoms with Gasteiger partial charge in [0, 0.05) is 12.1 Å². The summed E-state index contributed by atoms with van der Waals surface area (Å²) in [7, 11) is 1.67. The standard InChI is InChI=1S/C17H25NO3/c1-3-16(13-7-9-15(21-2)10-8-13)18-11-5-4-6-14(18)12-17(19)20/h7-10,14,16H,3-6,11-12H2,1-2H3,(H,19,20). The number of methoxy groups -OCH3 is 1. The van der Waals surface area contributed by atoms with Crippen LogP contribution < -0.4 is 4.74 Å². The van der Waals surface area contributed by atoms with E-state index >= 15 is 0 Å². The second-order valence-electron chi connectivity index (χ2n) is 5.68. The van der Waals surface area contributed by atoms with Crippen molar-refractivity contribution in [2.24, 2.45) is 0 Å². The Morgan fingerprint density at radius 1 is 1.38 bits per heavy atom. The number of carbonyl (C=O) groups is 1. The van der Waals surface area contributed by atoms with Gasteiger partial charge in [-0.15, -0.1) is 0 Å². The molecule has 0 amide bonds. The van der Waals surface area contributed by atoms with Crippen LogP contribution in [0.5, 0.6) is 5.75 Å². The Morgan fingerprint density at radius 2 is 2.10 bits per heavy atom. The number of carboxylic acids is 1. The van der Waals surface area contributed by atoms with Crippen LogP contribution in [0, 0.1) is 0 Å². The highest BCUT2D eigenvalue weighted by molar-refractivity contribution is 5.67. The second-order valence-corrected chi connectivity index (χ2v) is 5.68. The van der Waals surface area contributed by atoms with Gasteiger partial charge in [0.05, 0.1) is 13.5 Å². The SMILES string of the molecule is CCC(c1ccc(OC)cc1)N1CCCCC1CC(=O)O. The third kappa shape index (κ3) is 3.97. The first-order chi connectivity index (χ1) is 10.2. The fraction of sp³-hybridized carbons (Fsp3) is 0.588. The molecule has 1 N–H and O–H groups in total. The fourth-order valence-corrected chi connectivity index (χ4v) is 3.34. The molecule has 0 spiro atoms. The van der Waals surface area contributed by atoms with Crippen molar-refractivity contribution in [1.29, 1.82) is 0 Å². The Balaban J connectivity index is 2.18. The Bertz CT molecular complexity index is 458. The summed E-state index contributed by atoms with van der Waals surface area (Å²) in [5.41, 5.74) is 1.25. The van der Waals surface area contributed by atoms with Gasteiger partial charge in [-0.05, 0) is 43.5 Å². The molecule has 21 heavy (non-hydrogen) atoms. The molecule has 2 unspecified atom stereocenters. The van der Waals surface area contributed by atoms with E-state index in [0.29, 0.717) is 6.04 Å². The molecule has 1 aromatic carbocycles. The number of hydrogen-bond acceptors (Lipinski definition) is 3. The van der Waals surface area contributed by atoms with E-state index in [1.54, 1.807) is 7.11 Å². The molecule has 1 saturated heterocycles. The lowest BCUT2D eigenvalue weighted by atomic mass is 9.93. The van der Waals surface area contributed by atoms with Gasteiger partial charge in [-0.2, -0.15) is 0 Å². The zero-order valence-electron chi connectivity index (χ0n) is 12.9. The molecule has 4 nitrogen and oxygen atoms in total. The van der Waals surface area contributed by atoms with Gasteiger partial charge in [0.1, 0.15) is 5.75 Å². The lowest BCUT2D eigenvalue weighted by molar-refractivity contribution is -0.139. The average molecular weight is 291 g/mol. The molecular formula is C17H25NO3. The first kappa shape index (κ1) is 15.8. The lowest BCUT2D eigenvalue weighted by Gasteiger charge is -2.40. The van der Waals surface area contributed by atoms with Crippen LogP contribution in [-0.2, 0) is 4.79 Å². The monoisotopic (exact) mass is 291 g/mol. The predicted octanol–water partition coefficient (Wildman–Crippen LogP) is 3.48. The van der Waals surface area contributed by atoms with Gasteiger partial charge in [-0.3, -0.25) is 9.69 Å². The second kappa shape index (κ2) is 7.46. The van der Waals surface area contributed by atoms with Crippen LogP contribution in [0.4, 0.5) is 0 Å². The normalized spacial score (nSPS) is 21.0. The van der Waals surface area contributed by atoms with E-state index < -0.39 is 5.97 Å². The Hall–Kier alpha value is -1.55. The van der Waals surface area contributed by atoms with Crippen molar-refractivity contribution >= 4 is 5.97 Å². The number of carboxylic acid groups (broad SMARTS) is 1. The summed E-state index contributed by atoms with van der Waals surface area (Å²) in [5.74, 6) is 0.158. The average Bonchev–Trinajstić information content (AvgIpc) is 2.50. The molecule has 0 radical (unpaired) electrons. The van der Waals surface area contributed by atoms with Crippen LogP contribution in [-0.4, -0.2) is 35.7 Å². The van der Waals surface area contributed by atoms with Gasteiger partial charge in [0.15, 0.2) is 0 Å². The minimum Gasteiger partial charge on any atom is -0.497 e. The van der Waals surface area contributed by atoms with E-state index in [9.17, 15) is 4.79 Å². The molecular weight excluding hydrogens is 266 g/mol. The summed E-state index contributed by atoms with van der Waals surface area (Å²) in [6, 6.07) is 8.60. The number of ether oxygens (including phenoxy) is 1. The zero-order valence-corrected chi connectivity index (χ0v) is 12.9. The van der Waals surface area contributed by atoms with Gasteiger partial charge in [0.25, 0.3) is 0 Å². The van der Waals surface area contributed by atoms with E-state index in [1.807, 2.05) is 12.1 Å². The molecule has 1 fully saturated rings. The van der Waals surface area contributed by atoms with Crippen molar-refractivity contribution in [1.82, 2.24) is 4.90 Å². The number of benzene rings is 1. The van der Waals surface area contributed by atoms with E-state index in [2.05, 4.69) is 24.0 Å². The molecule has 1 aliphatic heterocycles. The van der Waals surface area contributed by atoms with E-state index in [1.165, 1.54) is 5.56 Å². The summed E-state index contributed by atoms with van der Waals surface area (Å²) >= 11 is 0. The smallest absolute Gasteiger partial charge is 0.304 e. The number of likely N-dealkylation sites (tertiary alicyclic amines) is 1. The van der Waals surface area contributed by atoms with Crippen molar-refractivity contribution in [2.75, 3.05) is 13.7 Å². The third-order valence-electron chi connectivity index (χ3n) is 4.37. The van der Waals surface area contributed by atoms with Crippen LogP contribution in [0.25, 0.3) is 0 Å². The van der Waals surface area contributed by atoms with Crippen LogP contribution >= 0.6 is 0 Å². The Kier molecular flexibility index (Phi) is 5.62. The van der Waals surface area contributed by atoms with Gasteiger partial charge >= 0.3 is 5.97 Å². The Labute approximate surface area is 126 Å². The van der Waals surface area contributed by atoms with Crippen LogP contribution in [0.2, 0.25) is 0 Å². The molecule has 0 saturated carbocycles. The minimum atomic E-state index is -0.698. The number of hydrogen-bond donors (Lipinski definition) is 1. The number of nitrogens with zero attached hydrogens (tertiary/aromatic N) is 1. The maximum atomic E-state index is 11.1. The van der Waals surface area contributed by atoms with Gasteiger partial charge in [0.2, 0.25) is 0 Å². The van der Waals surface area contributed by atoms with E-state index in [4.69, 9.17) is 9.84 Å². The molecule has 0 aromatic heterocycles. The molecule has 1 aliphatic rings. The van der Waals surface area contributed by atoms with Crippen molar-refractivity contribution in [3.8, 4) is 5.75 Å². The quantitative estimate of drug-likeness (QED) is 0.872. The first-order valence-corrected chi connectivity index (χ1v) is 7.77. The summed E-state index contributed by atoms with van der Waals surface area (Å²) in [5, 5.41) is 9.13. The van der Waals surface area contributed by atoms with Gasteiger partial charge < -0.3 is 9.84 Å². The largest absolute Gasteiger partial charge is 0.497 e. The van der Waals surface area contributed by atoms with E-state index in [-0.39, 0.29) is 12.5 Å². The summed E-state index contributed by atoms with van der Waals surface area (Å²) in [4.78, 5) is 13.5. The molecule has 2 atom stereocenters. The van der Waals surface area contributed by atoms with Gasteiger partial charge in [-0.1, -0.05) is 25.5 Å². The molecule has 0 bridgehead atoms. The fourth-order valence-electron chi connectivity index (χ4n) is 3.34. The van der Waals surface area contributed by atoms with E-state index in [0.717, 1.165) is 38.0 Å². The Morgan fingerprint density at radius 3 is 2.67 bits per heavy atom. The number of piperidine rings is 1. The highest BCUT2D eigenvalue weighted by Gasteiger charge is 2.30. The van der Waals surface area contributed by atoms with Crippen LogP contribution in [0.15, 0.2) is 24.3 Å². The molecule has 1 heterocycles. The number of aliphatic carboxylic acids is 1. The highest BCUT2D eigenvalue weighted by atomic mass is 16.5. The number of rotatable bonds is 6. The molecule has 116 valence electrons. The summed E-state index contributed by atoms with van der Waals surface area (Å²) in [6.07, 6.45) is 4.50. The van der Waals surface area contributed by atoms with Crippen molar-refractivity contribution in [3.63, 3.8) is 0 Å². The van der Waals surface area contributed by atoms with Crippen molar-refractivity contribution < 1.29 is 14.6 Å². The summed E-state index contributed by atoms with van der Waals surface area (Å²) in [6.45, 7) is 3.16. The minimum absolute atomic E-state index is 0.156. The van der Waals surface area contributed by atoms with Crippen LogP contribution in [0.1, 0.15) is 50.6 Å². The van der Waals surface area contributed by atoms with Crippen LogP contribution in [0.3, 0.4) is 0 Å². The lowest BCUT2D eigenvalue weighted by Crippen LogP contribution is -2.43. The summed E-state index contributed by atoms with van der Waals surface area (Å²) < 4.78 is 5.21. The van der Waals surface area contributed by atoms with Gasteiger partial charge in [-0.25, -0.2) is 0 Å². The predicted molar refractivity (Wildman–Crippen MR) is 82.6 cm³/mol. The molecule has 2 rings (SSSR count). The zero-order chi connectivity index (χ0) is 15.2. The highest BCUT2D eigenvalue weighted by Crippen LogP contribution is 2.32. The van der Waals surface area contributed by atoms with Crippen molar-refractivity contribution in [3.05, 3.63) is 29.8 Å². The molecule has 0 aliphatic carbocycles. The molecule has 1 aromatic rings. The first-order valence-electron chi connectivity index (χ1n) is 7.77. The maximum Gasteiger partial charge on any atom is 0.304 e. The maximum absolute atomic E-state index is 11.1. The molecule has 4 heteroatoms. The van der Waals surface area contributed by atoms with Crippen molar-refractivity contribution in [2.45, 2.75) is 51.1 Å². The third-order valence-corrected chi connectivity index (χ3v) is 4.37.